The summed E-state index contributed by atoms with van der Waals surface area (Å²) in [5.41, 5.74) is 0. The van der Waals surface area contributed by atoms with Crippen LogP contribution in [0.25, 0.3) is 0 Å². The molecule has 0 aliphatic carbocycles. The molecule has 2 rings (SSSR count). The fraction of sp³-hybridized carbons (Fsp3) is 0.923. The minimum Gasteiger partial charge on any atom is -0.390 e. The lowest BCUT2D eigenvalue weighted by Crippen LogP contribution is -2.52. The van der Waals surface area contributed by atoms with Gasteiger partial charge in [0.1, 0.15) is 0 Å². The first-order chi connectivity index (χ1) is 8.75. The normalized spacial score (nSPS) is 29.4. The van der Waals surface area contributed by atoms with Crippen molar-refractivity contribution in [2.75, 3.05) is 32.7 Å². The Bertz CT molecular complexity index is 267. The number of nitrogens with one attached hydrogen (secondary N) is 2. The molecule has 0 radical (unpaired) electrons. The lowest BCUT2D eigenvalue weighted by Gasteiger charge is -2.29. The molecule has 3 N–H and O–H groups in total. The van der Waals surface area contributed by atoms with Gasteiger partial charge in [-0.1, -0.05) is 0 Å². The van der Waals surface area contributed by atoms with Crippen molar-refractivity contribution in [1.82, 2.24) is 15.5 Å². The molecular formula is C13H25N3O2. The Balaban J connectivity index is 1.59. The molecule has 104 valence electrons. The summed E-state index contributed by atoms with van der Waals surface area (Å²) in [6.07, 6.45) is 4.47. The van der Waals surface area contributed by atoms with Gasteiger partial charge in [0, 0.05) is 13.0 Å². The van der Waals surface area contributed by atoms with Gasteiger partial charge in [0.25, 0.3) is 0 Å². The fourth-order valence-electron chi connectivity index (χ4n) is 2.76. The molecule has 0 unspecified atom stereocenters. The molecule has 2 aliphatic heterocycles. The van der Waals surface area contributed by atoms with E-state index in [9.17, 15) is 9.90 Å². The van der Waals surface area contributed by atoms with E-state index in [0.717, 1.165) is 25.9 Å². The van der Waals surface area contributed by atoms with Crippen LogP contribution < -0.4 is 10.6 Å². The molecule has 0 spiro atoms. The van der Waals surface area contributed by atoms with Gasteiger partial charge in [-0.3, -0.25) is 4.79 Å². The van der Waals surface area contributed by atoms with E-state index in [1.807, 2.05) is 0 Å². The summed E-state index contributed by atoms with van der Waals surface area (Å²) >= 11 is 0. The Kier molecular flexibility index (Phi) is 5.41. The zero-order valence-electron chi connectivity index (χ0n) is 11.0. The van der Waals surface area contributed by atoms with Gasteiger partial charge in [-0.25, -0.2) is 0 Å². The molecule has 0 saturated carbocycles. The zero-order valence-corrected chi connectivity index (χ0v) is 11.0. The minimum absolute atomic E-state index is 0.0643. The number of β-amino-alcohol motifs (C(OH)–C–C–N with tert-alkyl or cyclic N) is 1. The van der Waals surface area contributed by atoms with Crippen molar-refractivity contribution >= 4 is 5.91 Å². The Morgan fingerprint density at radius 1 is 1.39 bits per heavy atom. The van der Waals surface area contributed by atoms with Crippen molar-refractivity contribution in [3.8, 4) is 0 Å². The Morgan fingerprint density at radius 2 is 2.17 bits per heavy atom. The second kappa shape index (κ2) is 7.07. The molecule has 0 aromatic heterocycles. The predicted octanol–water partition coefficient (Wildman–Crippen LogP) is -0.299. The third-order valence-electron chi connectivity index (χ3n) is 3.87. The van der Waals surface area contributed by atoms with E-state index in [1.54, 1.807) is 0 Å². The summed E-state index contributed by atoms with van der Waals surface area (Å²) in [4.78, 5) is 14.2. The molecule has 2 heterocycles. The van der Waals surface area contributed by atoms with Crippen LogP contribution in [0.2, 0.25) is 0 Å². The van der Waals surface area contributed by atoms with E-state index in [0.29, 0.717) is 13.0 Å². The maximum absolute atomic E-state index is 11.8. The first-order valence-electron chi connectivity index (χ1n) is 7.16. The molecule has 5 heteroatoms. The maximum atomic E-state index is 11.8. The smallest absolute Gasteiger partial charge is 0.220 e. The van der Waals surface area contributed by atoms with Crippen molar-refractivity contribution < 1.29 is 9.90 Å². The summed E-state index contributed by atoms with van der Waals surface area (Å²) in [5, 5.41) is 15.8. The molecule has 0 aromatic carbocycles. The highest BCUT2D eigenvalue weighted by atomic mass is 16.3. The van der Waals surface area contributed by atoms with E-state index in [2.05, 4.69) is 15.5 Å². The molecule has 2 aliphatic rings. The standard InChI is InChI=1S/C13H25N3O2/c17-12-10-14-6-5-11(12)15-13(18)4-3-9-16-7-1-2-8-16/h11-12,14,17H,1-10H2,(H,15,18)/t11-,12-/m1/s1. The second-order valence-corrected chi connectivity index (χ2v) is 5.39. The Labute approximate surface area is 109 Å². The predicted molar refractivity (Wildman–Crippen MR) is 70.3 cm³/mol. The van der Waals surface area contributed by atoms with E-state index in [1.165, 1.54) is 25.9 Å². The molecule has 2 fully saturated rings. The lowest BCUT2D eigenvalue weighted by molar-refractivity contribution is -0.123. The second-order valence-electron chi connectivity index (χ2n) is 5.39. The van der Waals surface area contributed by atoms with Crippen molar-refractivity contribution in [2.24, 2.45) is 0 Å². The Hall–Kier alpha value is -0.650. The topological polar surface area (TPSA) is 64.6 Å². The zero-order chi connectivity index (χ0) is 12.8. The van der Waals surface area contributed by atoms with Crippen LogP contribution in [-0.4, -0.2) is 60.8 Å². The van der Waals surface area contributed by atoms with Gasteiger partial charge in [-0.05, 0) is 51.9 Å². The average Bonchev–Trinajstić information content (AvgIpc) is 2.85. The van der Waals surface area contributed by atoms with Crippen LogP contribution in [0, 0.1) is 0 Å². The van der Waals surface area contributed by atoms with Crippen molar-refractivity contribution in [3.63, 3.8) is 0 Å². The van der Waals surface area contributed by atoms with E-state index in [4.69, 9.17) is 0 Å². The quantitative estimate of drug-likeness (QED) is 0.631. The van der Waals surface area contributed by atoms with Gasteiger partial charge in [-0.15, -0.1) is 0 Å². The van der Waals surface area contributed by atoms with Gasteiger partial charge in [0.2, 0.25) is 5.91 Å². The molecule has 18 heavy (non-hydrogen) atoms. The molecule has 5 nitrogen and oxygen atoms in total. The van der Waals surface area contributed by atoms with Gasteiger partial charge in [0.05, 0.1) is 12.1 Å². The number of carbonyl (C=O) groups excluding carboxylic acids is 1. The number of nitrogens with zero attached hydrogens (tertiary/aromatic N) is 1. The van der Waals surface area contributed by atoms with Gasteiger partial charge in [-0.2, -0.15) is 0 Å². The van der Waals surface area contributed by atoms with Crippen molar-refractivity contribution in [3.05, 3.63) is 0 Å². The van der Waals surface area contributed by atoms with Crippen LogP contribution in [0.4, 0.5) is 0 Å². The average molecular weight is 255 g/mol. The third kappa shape index (κ3) is 4.23. The summed E-state index contributed by atoms with van der Waals surface area (Å²) in [7, 11) is 0. The largest absolute Gasteiger partial charge is 0.390 e. The van der Waals surface area contributed by atoms with Crippen LogP contribution >= 0.6 is 0 Å². The number of aliphatic hydroxyl groups excluding tert-OH is 1. The first-order valence-corrected chi connectivity index (χ1v) is 7.16. The molecule has 2 atom stereocenters. The highest BCUT2D eigenvalue weighted by Crippen LogP contribution is 2.09. The number of hydrogen-bond acceptors (Lipinski definition) is 4. The van der Waals surface area contributed by atoms with Crippen LogP contribution in [-0.2, 0) is 4.79 Å². The highest BCUT2D eigenvalue weighted by molar-refractivity contribution is 5.76. The number of amides is 1. The number of rotatable bonds is 5. The molecule has 2 saturated heterocycles. The van der Waals surface area contributed by atoms with E-state index < -0.39 is 6.10 Å². The highest BCUT2D eigenvalue weighted by Gasteiger charge is 2.24. The molecular weight excluding hydrogens is 230 g/mol. The minimum atomic E-state index is -0.443. The van der Waals surface area contributed by atoms with Crippen molar-refractivity contribution in [2.45, 2.75) is 44.2 Å². The number of piperidine rings is 1. The number of aliphatic hydroxyl groups is 1. The van der Waals surface area contributed by atoms with E-state index in [-0.39, 0.29) is 11.9 Å². The summed E-state index contributed by atoms with van der Waals surface area (Å²) in [6, 6.07) is -0.0643. The lowest BCUT2D eigenvalue weighted by atomic mass is 10.0. The van der Waals surface area contributed by atoms with Crippen LogP contribution in [0.3, 0.4) is 0 Å². The summed E-state index contributed by atoms with van der Waals surface area (Å²) in [5.74, 6) is 0.0835. The fourth-order valence-corrected chi connectivity index (χ4v) is 2.76. The molecule has 0 bridgehead atoms. The van der Waals surface area contributed by atoms with Crippen LogP contribution in [0.1, 0.15) is 32.1 Å². The van der Waals surface area contributed by atoms with Crippen molar-refractivity contribution in [1.29, 1.82) is 0 Å². The number of likely N-dealkylation sites (tertiary alicyclic amines) is 1. The SMILES string of the molecule is O=C(CCCN1CCCC1)N[C@@H]1CCNC[C@H]1O. The van der Waals surface area contributed by atoms with Crippen LogP contribution in [0.15, 0.2) is 0 Å². The third-order valence-corrected chi connectivity index (χ3v) is 3.87. The summed E-state index contributed by atoms with van der Waals surface area (Å²) in [6.45, 7) is 4.86. The molecule has 1 amide bonds. The maximum Gasteiger partial charge on any atom is 0.220 e. The Morgan fingerprint density at radius 3 is 2.89 bits per heavy atom. The molecule has 0 aromatic rings. The van der Waals surface area contributed by atoms with Gasteiger partial charge < -0.3 is 20.6 Å². The monoisotopic (exact) mass is 255 g/mol. The van der Waals surface area contributed by atoms with Gasteiger partial charge >= 0.3 is 0 Å². The number of carbonyl (C=O) groups is 1. The van der Waals surface area contributed by atoms with Crippen LogP contribution in [0.5, 0.6) is 0 Å². The number of hydrogen-bond donors (Lipinski definition) is 3. The van der Waals surface area contributed by atoms with Gasteiger partial charge in [0.15, 0.2) is 0 Å². The summed E-state index contributed by atoms with van der Waals surface area (Å²) < 4.78 is 0. The first kappa shape index (κ1) is 13.8. The van der Waals surface area contributed by atoms with E-state index >= 15 is 0 Å².